The van der Waals surface area contributed by atoms with Gasteiger partial charge in [0.05, 0.1) is 5.69 Å². The van der Waals surface area contributed by atoms with E-state index >= 15 is 0 Å². The van der Waals surface area contributed by atoms with Gasteiger partial charge in [0.25, 0.3) is 0 Å². The van der Waals surface area contributed by atoms with Crippen LogP contribution in [0.15, 0.2) is 6.33 Å². The summed E-state index contributed by atoms with van der Waals surface area (Å²) in [4.78, 5) is 7.89. The van der Waals surface area contributed by atoms with E-state index in [0.717, 1.165) is 6.54 Å². The Kier molecular flexibility index (Phi) is 4.59. The topological polar surface area (TPSA) is 37.8 Å². The van der Waals surface area contributed by atoms with E-state index in [1.165, 1.54) is 31.3 Å². The maximum atomic E-state index is 13.8. The summed E-state index contributed by atoms with van der Waals surface area (Å²) in [7, 11) is 0. The zero-order valence-electron chi connectivity index (χ0n) is 10.1. The Morgan fingerprint density at radius 1 is 1.47 bits per heavy atom. The third-order valence-electron chi connectivity index (χ3n) is 2.97. The Morgan fingerprint density at radius 3 is 3.06 bits per heavy atom. The first kappa shape index (κ1) is 12.6. The molecule has 94 valence electrons. The Hall–Kier alpha value is -0.840. The zero-order chi connectivity index (χ0) is 12.1. The molecule has 1 fully saturated rings. The van der Waals surface area contributed by atoms with Crippen molar-refractivity contribution >= 4 is 17.6 Å². The van der Waals surface area contributed by atoms with Crippen molar-refractivity contribution in [2.75, 3.05) is 17.6 Å². The SMILES string of the molecule is CCc1ncnc(NCC2CCCCS2)c1F. The lowest BCUT2D eigenvalue weighted by Gasteiger charge is -2.21. The molecule has 0 radical (unpaired) electrons. The number of hydrogen-bond acceptors (Lipinski definition) is 4. The second kappa shape index (κ2) is 6.19. The van der Waals surface area contributed by atoms with E-state index in [1.54, 1.807) is 0 Å². The molecule has 1 atom stereocenters. The summed E-state index contributed by atoms with van der Waals surface area (Å²) in [6, 6.07) is 0. The monoisotopic (exact) mass is 255 g/mol. The van der Waals surface area contributed by atoms with Crippen molar-refractivity contribution in [1.82, 2.24) is 9.97 Å². The quantitative estimate of drug-likeness (QED) is 0.897. The van der Waals surface area contributed by atoms with Crippen LogP contribution in [0.25, 0.3) is 0 Å². The molecule has 2 rings (SSSR count). The lowest BCUT2D eigenvalue weighted by Crippen LogP contribution is -2.21. The Morgan fingerprint density at radius 2 is 2.35 bits per heavy atom. The van der Waals surface area contributed by atoms with E-state index in [1.807, 2.05) is 18.7 Å². The van der Waals surface area contributed by atoms with Crippen molar-refractivity contribution < 1.29 is 4.39 Å². The highest BCUT2D eigenvalue weighted by Gasteiger charge is 2.15. The largest absolute Gasteiger partial charge is 0.366 e. The molecular formula is C12H18FN3S. The molecule has 1 aliphatic heterocycles. The molecule has 2 heterocycles. The molecule has 0 saturated carbocycles. The first-order valence-electron chi connectivity index (χ1n) is 6.16. The molecule has 1 unspecified atom stereocenters. The molecule has 0 spiro atoms. The van der Waals surface area contributed by atoms with Crippen LogP contribution in [0.1, 0.15) is 31.9 Å². The second-order valence-corrected chi connectivity index (χ2v) is 5.61. The third kappa shape index (κ3) is 3.31. The number of rotatable bonds is 4. The zero-order valence-corrected chi connectivity index (χ0v) is 10.9. The minimum atomic E-state index is -0.296. The van der Waals surface area contributed by atoms with Crippen LogP contribution in [0.5, 0.6) is 0 Å². The van der Waals surface area contributed by atoms with Crippen LogP contribution in [0.3, 0.4) is 0 Å². The summed E-state index contributed by atoms with van der Waals surface area (Å²) in [5, 5.41) is 3.70. The smallest absolute Gasteiger partial charge is 0.186 e. The van der Waals surface area contributed by atoms with Gasteiger partial charge in [-0.3, -0.25) is 0 Å². The molecule has 1 aromatic rings. The lowest BCUT2D eigenvalue weighted by molar-refractivity contribution is 0.595. The number of thioether (sulfide) groups is 1. The van der Waals surface area contributed by atoms with Crippen LogP contribution in [0.4, 0.5) is 10.2 Å². The maximum Gasteiger partial charge on any atom is 0.186 e. The average Bonchev–Trinajstić information content (AvgIpc) is 2.39. The molecular weight excluding hydrogens is 237 g/mol. The van der Waals surface area contributed by atoms with Crippen molar-refractivity contribution in [2.24, 2.45) is 0 Å². The molecule has 17 heavy (non-hydrogen) atoms. The normalized spacial score (nSPS) is 20.2. The number of nitrogens with zero attached hydrogens (tertiary/aromatic N) is 2. The molecule has 0 aromatic carbocycles. The molecule has 1 saturated heterocycles. The first-order chi connectivity index (χ1) is 8.31. The predicted octanol–water partition coefficient (Wildman–Crippen LogP) is 2.88. The van der Waals surface area contributed by atoms with Gasteiger partial charge in [0.2, 0.25) is 0 Å². The number of nitrogens with one attached hydrogen (secondary N) is 1. The van der Waals surface area contributed by atoms with Gasteiger partial charge < -0.3 is 5.32 Å². The summed E-state index contributed by atoms with van der Waals surface area (Å²) >= 11 is 1.97. The Bertz CT molecular complexity index is 367. The highest BCUT2D eigenvalue weighted by molar-refractivity contribution is 7.99. The van der Waals surface area contributed by atoms with Crippen molar-refractivity contribution in [2.45, 2.75) is 37.9 Å². The molecule has 1 N–H and O–H groups in total. The van der Waals surface area contributed by atoms with Crippen LogP contribution in [0, 0.1) is 5.82 Å². The van der Waals surface area contributed by atoms with E-state index in [2.05, 4.69) is 15.3 Å². The van der Waals surface area contributed by atoms with Crippen molar-refractivity contribution in [3.8, 4) is 0 Å². The van der Waals surface area contributed by atoms with Crippen LogP contribution in [-0.4, -0.2) is 27.5 Å². The fourth-order valence-corrected chi connectivity index (χ4v) is 3.19. The van der Waals surface area contributed by atoms with E-state index in [0.29, 0.717) is 23.2 Å². The molecule has 3 nitrogen and oxygen atoms in total. The van der Waals surface area contributed by atoms with Crippen molar-refractivity contribution in [3.05, 3.63) is 17.8 Å². The predicted molar refractivity (Wildman–Crippen MR) is 70.0 cm³/mol. The standard InChI is InChI=1S/C12H18FN3S/c1-2-10-11(13)12(16-8-15-10)14-7-9-5-3-4-6-17-9/h8-9H,2-7H2,1H3,(H,14,15,16). The van der Waals surface area contributed by atoms with Gasteiger partial charge in [-0.05, 0) is 25.0 Å². The molecule has 0 bridgehead atoms. The number of hydrogen-bond donors (Lipinski definition) is 1. The van der Waals surface area contributed by atoms with Gasteiger partial charge in [-0.15, -0.1) is 0 Å². The van der Waals surface area contributed by atoms with Gasteiger partial charge in [-0.2, -0.15) is 11.8 Å². The van der Waals surface area contributed by atoms with E-state index in [4.69, 9.17) is 0 Å². The highest BCUT2D eigenvalue weighted by atomic mass is 32.2. The fourth-order valence-electron chi connectivity index (χ4n) is 1.95. The average molecular weight is 255 g/mol. The summed E-state index contributed by atoms with van der Waals surface area (Å²) in [6.07, 6.45) is 5.83. The van der Waals surface area contributed by atoms with Crippen molar-refractivity contribution in [1.29, 1.82) is 0 Å². The summed E-state index contributed by atoms with van der Waals surface area (Å²) in [5.74, 6) is 1.28. The van der Waals surface area contributed by atoms with Crippen molar-refractivity contribution in [3.63, 3.8) is 0 Å². The molecule has 1 aromatic heterocycles. The van der Waals surface area contributed by atoms with Crippen LogP contribution >= 0.6 is 11.8 Å². The lowest BCUT2D eigenvalue weighted by atomic mass is 10.2. The molecule has 0 aliphatic carbocycles. The van der Waals surface area contributed by atoms with Gasteiger partial charge in [-0.25, -0.2) is 14.4 Å². The Labute approximate surface area is 106 Å². The summed E-state index contributed by atoms with van der Waals surface area (Å²) in [5.41, 5.74) is 0.485. The van der Waals surface area contributed by atoms with E-state index < -0.39 is 0 Å². The third-order valence-corrected chi connectivity index (χ3v) is 4.37. The minimum absolute atomic E-state index is 0.296. The summed E-state index contributed by atoms with van der Waals surface area (Å²) in [6.45, 7) is 2.69. The molecule has 0 amide bonds. The van der Waals surface area contributed by atoms with Gasteiger partial charge >= 0.3 is 0 Å². The summed E-state index contributed by atoms with van der Waals surface area (Å²) < 4.78 is 13.8. The van der Waals surface area contributed by atoms with Crippen LogP contribution in [0.2, 0.25) is 0 Å². The minimum Gasteiger partial charge on any atom is -0.366 e. The van der Waals surface area contributed by atoms with Gasteiger partial charge in [-0.1, -0.05) is 13.3 Å². The number of aryl methyl sites for hydroxylation is 1. The van der Waals surface area contributed by atoms with Gasteiger partial charge in [0, 0.05) is 11.8 Å². The molecule has 1 aliphatic rings. The number of aromatic nitrogens is 2. The van der Waals surface area contributed by atoms with E-state index in [-0.39, 0.29) is 5.82 Å². The maximum absolute atomic E-state index is 13.8. The fraction of sp³-hybridized carbons (Fsp3) is 0.667. The Balaban J connectivity index is 1.93. The molecule has 5 heteroatoms. The van der Waals surface area contributed by atoms with Crippen LogP contribution in [-0.2, 0) is 6.42 Å². The second-order valence-electron chi connectivity index (χ2n) is 4.21. The van der Waals surface area contributed by atoms with E-state index in [9.17, 15) is 4.39 Å². The number of halogens is 1. The van der Waals surface area contributed by atoms with Gasteiger partial charge in [0.1, 0.15) is 6.33 Å². The van der Waals surface area contributed by atoms with Crippen LogP contribution < -0.4 is 5.32 Å². The highest BCUT2D eigenvalue weighted by Crippen LogP contribution is 2.25. The van der Waals surface area contributed by atoms with Gasteiger partial charge in [0.15, 0.2) is 11.6 Å². The number of anilines is 1. The first-order valence-corrected chi connectivity index (χ1v) is 7.21.